The lowest BCUT2D eigenvalue weighted by Gasteiger charge is -2.32. The van der Waals surface area contributed by atoms with Crippen LogP contribution in [0.3, 0.4) is 0 Å². The van der Waals surface area contributed by atoms with E-state index in [-0.39, 0.29) is 6.04 Å². The summed E-state index contributed by atoms with van der Waals surface area (Å²) in [6.45, 7) is 2.93. The lowest BCUT2D eigenvalue weighted by Crippen LogP contribution is -2.43. The van der Waals surface area contributed by atoms with Crippen molar-refractivity contribution in [1.29, 1.82) is 0 Å². The lowest BCUT2D eigenvalue weighted by molar-refractivity contribution is 0.270. The summed E-state index contributed by atoms with van der Waals surface area (Å²) in [7, 11) is -3.31. The van der Waals surface area contributed by atoms with Crippen molar-refractivity contribution in [3.63, 3.8) is 0 Å². The minimum atomic E-state index is -3.31. The molecule has 0 atom stereocenters. The van der Waals surface area contributed by atoms with Crippen molar-refractivity contribution in [3.8, 4) is 0 Å². The molecule has 2 saturated carbocycles. The van der Waals surface area contributed by atoms with Crippen molar-refractivity contribution >= 4 is 21.4 Å². The van der Waals surface area contributed by atoms with E-state index in [4.69, 9.17) is 0 Å². The molecule has 0 radical (unpaired) electrons. The zero-order valence-corrected chi connectivity index (χ0v) is 12.7. The molecule has 4 nitrogen and oxygen atoms in total. The Bertz CT molecular complexity index is 543. The molecular formula is C13H20N2O2S2. The first kappa shape index (κ1) is 13.5. The van der Waals surface area contributed by atoms with E-state index in [2.05, 4.69) is 17.0 Å². The van der Waals surface area contributed by atoms with Gasteiger partial charge in [0.25, 0.3) is 0 Å². The van der Waals surface area contributed by atoms with Crippen LogP contribution in [0.5, 0.6) is 0 Å². The average molecular weight is 300 g/mol. The SMILES string of the molecule is CC1CC(NS(=O)(=O)c2csc(CNC3CC3)c2)C1. The number of nitrogens with one attached hydrogen (secondary N) is 2. The monoisotopic (exact) mass is 300 g/mol. The summed E-state index contributed by atoms with van der Waals surface area (Å²) < 4.78 is 27.2. The third-order valence-electron chi connectivity index (χ3n) is 3.78. The fourth-order valence-corrected chi connectivity index (χ4v) is 4.90. The molecule has 19 heavy (non-hydrogen) atoms. The average Bonchev–Trinajstić information content (AvgIpc) is 3.01. The van der Waals surface area contributed by atoms with Crippen LogP contribution in [0.15, 0.2) is 16.3 Å². The molecule has 6 heteroatoms. The van der Waals surface area contributed by atoms with Gasteiger partial charge in [-0.3, -0.25) is 0 Å². The predicted octanol–water partition coefficient (Wildman–Crippen LogP) is 2.08. The first-order valence-electron chi connectivity index (χ1n) is 6.86. The smallest absolute Gasteiger partial charge is 0.241 e. The van der Waals surface area contributed by atoms with Gasteiger partial charge in [-0.1, -0.05) is 6.92 Å². The fourth-order valence-electron chi connectivity index (χ4n) is 2.41. The third-order valence-corrected chi connectivity index (χ3v) is 6.36. The summed E-state index contributed by atoms with van der Waals surface area (Å²) >= 11 is 1.52. The maximum absolute atomic E-state index is 12.2. The van der Waals surface area contributed by atoms with Gasteiger partial charge < -0.3 is 5.32 Å². The van der Waals surface area contributed by atoms with Crippen molar-refractivity contribution in [2.24, 2.45) is 5.92 Å². The number of hydrogen-bond donors (Lipinski definition) is 2. The van der Waals surface area contributed by atoms with Crippen LogP contribution in [0.1, 0.15) is 37.5 Å². The highest BCUT2D eigenvalue weighted by Gasteiger charge is 2.30. The van der Waals surface area contributed by atoms with E-state index in [1.165, 1.54) is 24.2 Å². The van der Waals surface area contributed by atoms with Crippen LogP contribution in [-0.2, 0) is 16.6 Å². The van der Waals surface area contributed by atoms with Crippen LogP contribution in [0, 0.1) is 5.92 Å². The zero-order valence-electron chi connectivity index (χ0n) is 11.1. The van der Waals surface area contributed by atoms with Crippen LogP contribution in [0.25, 0.3) is 0 Å². The Labute approximate surface area is 118 Å². The van der Waals surface area contributed by atoms with Gasteiger partial charge in [0.2, 0.25) is 10.0 Å². The van der Waals surface area contributed by atoms with Gasteiger partial charge >= 0.3 is 0 Å². The van der Waals surface area contributed by atoms with E-state index >= 15 is 0 Å². The summed E-state index contributed by atoms with van der Waals surface area (Å²) in [4.78, 5) is 1.51. The third kappa shape index (κ3) is 3.37. The van der Waals surface area contributed by atoms with Crippen molar-refractivity contribution in [1.82, 2.24) is 10.0 Å². The molecule has 2 N–H and O–H groups in total. The van der Waals surface area contributed by atoms with E-state index in [0.29, 0.717) is 16.9 Å². The minimum Gasteiger partial charge on any atom is -0.309 e. The Morgan fingerprint density at radius 2 is 2.05 bits per heavy atom. The Hall–Kier alpha value is -0.430. The summed E-state index contributed by atoms with van der Waals surface area (Å²) in [5, 5.41) is 5.15. The molecule has 0 aromatic carbocycles. The van der Waals surface area contributed by atoms with Crippen molar-refractivity contribution in [3.05, 3.63) is 16.3 Å². The van der Waals surface area contributed by atoms with Crippen LogP contribution in [0.4, 0.5) is 0 Å². The molecule has 2 aliphatic rings. The second kappa shape index (κ2) is 5.16. The number of rotatable bonds is 6. The van der Waals surface area contributed by atoms with E-state index < -0.39 is 10.0 Å². The summed E-state index contributed by atoms with van der Waals surface area (Å²) in [5.41, 5.74) is 0. The highest BCUT2D eigenvalue weighted by molar-refractivity contribution is 7.89. The van der Waals surface area contributed by atoms with Crippen LogP contribution in [0.2, 0.25) is 0 Å². The second-order valence-electron chi connectivity index (χ2n) is 5.80. The van der Waals surface area contributed by atoms with Crippen molar-refractivity contribution in [2.45, 2.75) is 56.1 Å². The van der Waals surface area contributed by atoms with Gasteiger partial charge in [-0.25, -0.2) is 13.1 Å². The predicted molar refractivity (Wildman–Crippen MR) is 76.7 cm³/mol. The molecule has 2 aliphatic carbocycles. The van der Waals surface area contributed by atoms with Gasteiger partial charge in [-0.2, -0.15) is 0 Å². The van der Waals surface area contributed by atoms with Gasteiger partial charge in [0.15, 0.2) is 0 Å². The minimum absolute atomic E-state index is 0.132. The molecule has 1 aromatic heterocycles. The highest BCUT2D eigenvalue weighted by Crippen LogP contribution is 2.29. The van der Waals surface area contributed by atoms with Gasteiger partial charge in [0.05, 0.1) is 4.90 Å². The Balaban J connectivity index is 1.59. The van der Waals surface area contributed by atoms with Crippen molar-refractivity contribution in [2.75, 3.05) is 0 Å². The van der Waals surface area contributed by atoms with Crippen LogP contribution in [-0.4, -0.2) is 20.5 Å². The Morgan fingerprint density at radius 1 is 1.32 bits per heavy atom. The summed E-state index contributed by atoms with van der Waals surface area (Å²) in [5.74, 6) is 0.647. The molecule has 0 spiro atoms. The quantitative estimate of drug-likeness (QED) is 0.845. The molecule has 3 rings (SSSR count). The Morgan fingerprint density at radius 3 is 2.68 bits per heavy atom. The number of thiophene rings is 1. The zero-order chi connectivity index (χ0) is 13.5. The van der Waals surface area contributed by atoms with Crippen LogP contribution < -0.4 is 10.0 Å². The fraction of sp³-hybridized carbons (Fsp3) is 0.692. The largest absolute Gasteiger partial charge is 0.309 e. The van der Waals surface area contributed by atoms with Gasteiger partial charge in [0.1, 0.15) is 0 Å². The number of hydrogen-bond acceptors (Lipinski definition) is 4. The second-order valence-corrected chi connectivity index (χ2v) is 8.51. The molecule has 0 unspecified atom stereocenters. The normalized spacial score (nSPS) is 27.2. The first-order valence-corrected chi connectivity index (χ1v) is 9.22. The highest BCUT2D eigenvalue weighted by atomic mass is 32.2. The van der Waals surface area contributed by atoms with Gasteiger partial charge in [0, 0.05) is 28.9 Å². The molecule has 106 valence electrons. The lowest BCUT2D eigenvalue weighted by atomic mass is 9.83. The maximum Gasteiger partial charge on any atom is 0.241 e. The van der Waals surface area contributed by atoms with Gasteiger partial charge in [-0.05, 0) is 37.7 Å². The molecule has 0 bridgehead atoms. The molecule has 1 aromatic rings. The molecular weight excluding hydrogens is 280 g/mol. The summed E-state index contributed by atoms with van der Waals surface area (Å²) in [6, 6.07) is 2.58. The molecule has 0 amide bonds. The van der Waals surface area contributed by atoms with Crippen molar-refractivity contribution < 1.29 is 8.42 Å². The maximum atomic E-state index is 12.2. The molecule has 0 saturated heterocycles. The number of sulfonamides is 1. The van der Waals surface area contributed by atoms with Gasteiger partial charge in [-0.15, -0.1) is 11.3 Å². The molecule has 0 aliphatic heterocycles. The molecule has 2 fully saturated rings. The van der Waals surface area contributed by atoms with E-state index in [9.17, 15) is 8.42 Å². The summed E-state index contributed by atoms with van der Waals surface area (Å²) in [6.07, 6.45) is 4.41. The Kier molecular flexibility index (Phi) is 3.68. The first-order chi connectivity index (χ1) is 9.03. The topological polar surface area (TPSA) is 58.2 Å². The standard InChI is InChI=1S/C13H20N2O2S2/c1-9-4-11(5-9)15-19(16,17)13-6-12(18-8-13)7-14-10-2-3-10/h6,8-11,14-15H,2-5,7H2,1H3. The molecule has 1 heterocycles. The van der Waals surface area contributed by atoms with E-state index in [1.54, 1.807) is 11.4 Å². The van der Waals surface area contributed by atoms with E-state index in [1.807, 2.05) is 0 Å². The van der Waals surface area contributed by atoms with E-state index in [0.717, 1.165) is 24.3 Å². The van der Waals surface area contributed by atoms with Crippen LogP contribution >= 0.6 is 11.3 Å².